The minimum atomic E-state index is -3.98. The quantitative estimate of drug-likeness (QED) is 0.822. The number of aromatic nitrogens is 1. The van der Waals surface area contributed by atoms with E-state index in [0.717, 1.165) is 13.0 Å². The molecule has 3 N–H and O–H groups in total. The van der Waals surface area contributed by atoms with Gasteiger partial charge in [0.05, 0.1) is 11.6 Å². The van der Waals surface area contributed by atoms with Crippen LogP contribution in [0.1, 0.15) is 25.5 Å². The number of hydrogen-bond donors (Lipinski definition) is 2. The Labute approximate surface area is 116 Å². The van der Waals surface area contributed by atoms with Crippen molar-refractivity contribution < 1.29 is 23.1 Å². The zero-order valence-corrected chi connectivity index (χ0v) is 11.7. The number of carbonyl (C=O) groups is 1. The minimum absolute atomic E-state index is 0.158. The van der Waals surface area contributed by atoms with Crippen LogP contribution in [-0.4, -0.2) is 27.5 Å². The molecule has 1 aromatic rings. The second-order valence-electron chi connectivity index (χ2n) is 4.28. The largest absolute Gasteiger partial charge is 0.375 e. The minimum Gasteiger partial charge on any atom is -0.375 e. The van der Waals surface area contributed by atoms with Crippen LogP contribution in [0.15, 0.2) is 16.7 Å². The van der Waals surface area contributed by atoms with Crippen LogP contribution >= 0.6 is 15.9 Å². The lowest BCUT2D eigenvalue weighted by molar-refractivity contribution is -0.190. The summed E-state index contributed by atoms with van der Waals surface area (Å²) >= 11 is 2.93. The van der Waals surface area contributed by atoms with Crippen molar-refractivity contribution in [1.29, 1.82) is 0 Å². The molecule has 0 fully saturated rings. The first-order chi connectivity index (χ1) is 8.51. The number of primary amides is 1. The summed E-state index contributed by atoms with van der Waals surface area (Å²) < 4.78 is 41.8. The molecule has 2 atom stereocenters. The zero-order chi connectivity index (χ0) is 15.0. The maximum atomic E-state index is 14.1. The second kappa shape index (κ2) is 5.09. The van der Waals surface area contributed by atoms with Gasteiger partial charge in [-0.3, -0.25) is 4.79 Å². The van der Waals surface area contributed by atoms with E-state index >= 15 is 0 Å². The summed E-state index contributed by atoms with van der Waals surface area (Å²) in [6.45, 7) is 1.54. The van der Waals surface area contributed by atoms with Gasteiger partial charge in [0.1, 0.15) is 10.4 Å². The van der Waals surface area contributed by atoms with Gasteiger partial charge < -0.3 is 10.8 Å². The molecule has 8 heteroatoms. The molecule has 0 aliphatic heterocycles. The van der Waals surface area contributed by atoms with E-state index in [1.165, 1.54) is 6.07 Å². The maximum absolute atomic E-state index is 14.1. The van der Waals surface area contributed by atoms with Crippen molar-refractivity contribution in [2.24, 2.45) is 5.73 Å². The second-order valence-corrected chi connectivity index (χ2v) is 5.09. The molecule has 1 rings (SSSR count). The van der Waals surface area contributed by atoms with Crippen LogP contribution in [0, 0.1) is 5.82 Å². The number of pyridine rings is 1. The van der Waals surface area contributed by atoms with E-state index in [-0.39, 0.29) is 4.60 Å². The number of alkyl halides is 2. The van der Waals surface area contributed by atoms with Crippen molar-refractivity contribution in [3.05, 3.63) is 28.2 Å². The number of carbonyl (C=O) groups excluding carboxylic acids is 1. The van der Waals surface area contributed by atoms with Gasteiger partial charge in [0.15, 0.2) is 0 Å². The summed E-state index contributed by atoms with van der Waals surface area (Å²) in [4.78, 5) is 14.5. The Morgan fingerprint density at radius 1 is 1.53 bits per heavy atom. The molecular formula is C11H12BrF3N2O2. The molecule has 1 aromatic heterocycles. The highest BCUT2D eigenvalue weighted by molar-refractivity contribution is 9.10. The van der Waals surface area contributed by atoms with Crippen molar-refractivity contribution in [2.45, 2.75) is 31.3 Å². The number of nitrogens with zero attached hydrogens (tertiary/aromatic N) is 1. The molecule has 19 heavy (non-hydrogen) atoms. The molecular weight excluding hydrogens is 329 g/mol. The average Bonchev–Trinajstić information content (AvgIpc) is 2.30. The fraction of sp³-hybridized carbons (Fsp3) is 0.455. The van der Waals surface area contributed by atoms with Gasteiger partial charge in [0.2, 0.25) is 5.60 Å². The summed E-state index contributed by atoms with van der Waals surface area (Å²) in [5.74, 6) is -8.38. The van der Waals surface area contributed by atoms with Crippen molar-refractivity contribution in [3.8, 4) is 0 Å². The van der Waals surface area contributed by atoms with Gasteiger partial charge in [-0.15, -0.1) is 0 Å². The number of amides is 1. The lowest BCUT2D eigenvalue weighted by atomic mass is 9.85. The van der Waals surface area contributed by atoms with Gasteiger partial charge >= 0.3 is 0 Å². The molecule has 0 aliphatic rings. The van der Waals surface area contributed by atoms with Crippen molar-refractivity contribution in [1.82, 2.24) is 4.98 Å². The Morgan fingerprint density at radius 3 is 2.53 bits per heavy atom. The van der Waals surface area contributed by atoms with Crippen molar-refractivity contribution >= 4 is 21.8 Å². The standard InChI is InChI=1S/C11H12BrF3N2O2/c1-5(8-6(13)3-4-7(12)17-8)11(14,15)10(2,19)9(16)18/h3-5,19H,1-2H3,(H2,16,18)/t5?,10-/m1/s1. The van der Waals surface area contributed by atoms with E-state index in [0.29, 0.717) is 6.92 Å². The molecule has 0 saturated heterocycles. The van der Waals surface area contributed by atoms with Crippen molar-refractivity contribution in [2.75, 3.05) is 0 Å². The van der Waals surface area contributed by atoms with Crippen LogP contribution in [-0.2, 0) is 4.79 Å². The highest BCUT2D eigenvalue weighted by atomic mass is 79.9. The highest BCUT2D eigenvalue weighted by Gasteiger charge is 2.58. The van der Waals surface area contributed by atoms with Gasteiger partial charge in [-0.25, -0.2) is 18.2 Å². The molecule has 0 radical (unpaired) electrons. The molecule has 1 unspecified atom stereocenters. The van der Waals surface area contributed by atoms with Crippen LogP contribution < -0.4 is 5.73 Å². The maximum Gasteiger partial charge on any atom is 0.292 e. The first kappa shape index (κ1) is 15.9. The van der Waals surface area contributed by atoms with Crippen LogP contribution in [0.25, 0.3) is 0 Å². The molecule has 1 amide bonds. The predicted molar refractivity (Wildman–Crippen MR) is 65.1 cm³/mol. The van der Waals surface area contributed by atoms with Crippen molar-refractivity contribution in [3.63, 3.8) is 0 Å². The summed E-state index contributed by atoms with van der Waals surface area (Å²) in [5, 5.41) is 9.52. The Hall–Kier alpha value is -1.15. The lowest BCUT2D eigenvalue weighted by Crippen LogP contribution is -2.57. The normalized spacial score (nSPS) is 16.8. The third-order valence-corrected chi connectivity index (χ3v) is 3.36. The topological polar surface area (TPSA) is 76.2 Å². The Morgan fingerprint density at radius 2 is 2.05 bits per heavy atom. The SMILES string of the molecule is CC(c1nc(Br)ccc1F)C(F)(F)[C@](C)(O)C(N)=O. The lowest BCUT2D eigenvalue weighted by Gasteiger charge is -2.33. The highest BCUT2D eigenvalue weighted by Crippen LogP contribution is 2.41. The van der Waals surface area contributed by atoms with Gasteiger partial charge in [0.25, 0.3) is 11.8 Å². The van der Waals surface area contributed by atoms with Gasteiger partial charge in [-0.05, 0) is 35.0 Å². The van der Waals surface area contributed by atoms with Crippen LogP contribution in [0.2, 0.25) is 0 Å². The summed E-state index contributed by atoms with van der Waals surface area (Å²) in [6, 6.07) is 2.20. The van der Waals surface area contributed by atoms with Gasteiger partial charge in [-0.2, -0.15) is 0 Å². The molecule has 0 bridgehead atoms. The van der Waals surface area contributed by atoms with Gasteiger partial charge in [-0.1, -0.05) is 6.92 Å². The first-order valence-electron chi connectivity index (χ1n) is 5.23. The fourth-order valence-electron chi connectivity index (χ4n) is 1.49. The van der Waals surface area contributed by atoms with E-state index < -0.39 is 34.9 Å². The van der Waals surface area contributed by atoms with Crippen LogP contribution in [0.4, 0.5) is 13.2 Å². The molecule has 0 saturated carbocycles. The van der Waals surface area contributed by atoms with E-state index in [9.17, 15) is 23.1 Å². The van der Waals surface area contributed by atoms with E-state index in [1.807, 2.05) is 0 Å². The average molecular weight is 341 g/mol. The van der Waals surface area contributed by atoms with E-state index in [2.05, 4.69) is 20.9 Å². The molecule has 106 valence electrons. The first-order valence-corrected chi connectivity index (χ1v) is 6.03. The number of hydrogen-bond acceptors (Lipinski definition) is 3. The molecule has 0 aliphatic carbocycles. The summed E-state index contributed by atoms with van der Waals surface area (Å²) in [6.07, 6.45) is 0. The smallest absolute Gasteiger partial charge is 0.292 e. The molecule has 0 aromatic carbocycles. The zero-order valence-electron chi connectivity index (χ0n) is 10.1. The molecule has 4 nitrogen and oxygen atoms in total. The van der Waals surface area contributed by atoms with Crippen LogP contribution in [0.3, 0.4) is 0 Å². The number of nitrogens with two attached hydrogens (primary N) is 1. The third kappa shape index (κ3) is 2.74. The number of aliphatic hydroxyl groups is 1. The Kier molecular flexibility index (Phi) is 4.26. The Bertz CT molecular complexity index is 509. The summed E-state index contributed by atoms with van der Waals surface area (Å²) in [7, 11) is 0. The number of halogens is 4. The molecule has 1 heterocycles. The molecule has 0 spiro atoms. The Balaban J connectivity index is 3.28. The summed E-state index contributed by atoms with van der Waals surface area (Å²) in [5.41, 5.74) is 1.07. The van der Waals surface area contributed by atoms with Crippen LogP contribution in [0.5, 0.6) is 0 Å². The fourth-order valence-corrected chi connectivity index (χ4v) is 1.82. The predicted octanol–water partition coefficient (Wildman–Crippen LogP) is 1.96. The number of rotatable bonds is 4. The van der Waals surface area contributed by atoms with Gasteiger partial charge in [0, 0.05) is 0 Å². The van der Waals surface area contributed by atoms with E-state index in [1.54, 1.807) is 0 Å². The third-order valence-electron chi connectivity index (χ3n) is 2.92. The van der Waals surface area contributed by atoms with E-state index in [4.69, 9.17) is 5.73 Å². The monoisotopic (exact) mass is 340 g/mol.